The number of benzene rings is 3. The summed E-state index contributed by atoms with van der Waals surface area (Å²) in [7, 11) is -3.87. The lowest BCUT2D eigenvalue weighted by atomic mass is 10.2. The highest BCUT2D eigenvalue weighted by atomic mass is 32.2. The number of anilines is 3. The van der Waals surface area contributed by atoms with Crippen molar-refractivity contribution in [3.63, 3.8) is 0 Å². The minimum absolute atomic E-state index is 0.0953. The molecule has 31 heavy (non-hydrogen) atoms. The Hall–Kier alpha value is -3.85. The number of aryl methyl sites for hydroxylation is 1. The van der Waals surface area contributed by atoms with E-state index in [1.807, 2.05) is 31.2 Å². The largest absolute Gasteiger partial charge is 0.454 e. The number of aromatic nitrogens is 2. The van der Waals surface area contributed by atoms with Crippen LogP contribution in [0, 0.1) is 6.92 Å². The monoisotopic (exact) mass is 434 g/mol. The summed E-state index contributed by atoms with van der Waals surface area (Å²) in [6, 6.07) is 19.2. The Morgan fingerprint density at radius 1 is 0.839 bits per heavy atom. The van der Waals surface area contributed by atoms with Crippen LogP contribution in [0.1, 0.15) is 5.56 Å². The molecule has 0 bridgehead atoms. The summed E-state index contributed by atoms with van der Waals surface area (Å²) in [5.74, 6) is 1.61. The van der Waals surface area contributed by atoms with E-state index in [2.05, 4.69) is 20.0 Å². The molecule has 4 aromatic rings. The standard InChI is InChI=1S/C22H18N4O4S/c1-14-5-4-6-16(11-14)31(27,28)26-22-21(24-17-7-2-3-8-18(17)25-22)23-15-9-10-19-20(12-15)30-13-29-19/h2-12H,13H2,1H3,(H,23,24)(H,25,26). The molecule has 156 valence electrons. The molecule has 2 N–H and O–H groups in total. The Kier molecular flexibility index (Phi) is 4.59. The molecular weight excluding hydrogens is 416 g/mol. The van der Waals surface area contributed by atoms with Crippen LogP contribution < -0.4 is 19.5 Å². The summed E-state index contributed by atoms with van der Waals surface area (Å²) in [5.41, 5.74) is 2.70. The van der Waals surface area contributed by atoms with E-state index in [-0.39, 0.29) is 23.3 Å². The number of hydrogen-bond acceptors (Lipinski definition) is 7. The van der Waals surface area contributed by atoms with Gasteiger partial charge in [0, 0.05) is 11.8 Å². The molecule has 8 nitrogen and oxygen atoms in total. The van der Waals surface area contributed by atoms with Gasteiger partial charge in [-0.15, -0.1) is 0 Å². The first-order chi connectivity index (χ1) is 15.0. The fourth-order valence-corrected chi connectivity index (χ4v) is 4.35. The van der Waals surface area contributed by atoms with Gasteiger partial charge in [0.05, 0.1) is 15.9 Å². The number of nitrogens with one attached hydrogen (secondary N) is 2. The van der Waals surface area contributed by atoms with Crippen LogP contribution in [0.3, 0.4) is 0 Å². The van der Waals surface area contributed by atoms with Gasteiger partial charge in [0.25, 0.3) is 10.0 Å². The smallest absolute Gasteiger partial charge is 0.263 e. The summed E-state index contributed by atoms with van der Waals surface area (Å²) in [5, 5.41) is 3.14. The third kappa shape index (κ3) is 3.82. The van der Waals surface area contributed by atoms with Crippen LogP contribution in [0.2, 0.25) is 0 Å². The molecular formula is C22H18N4O4S. The van der Waals surface area contributed by atoms with E-state index in [0.29, 0.717) is 28.2 Å². The number of para-hydroxylation sites is 2. The zero-order valence-electron chi connectivity index (χ0n) is 16.5. The van der Waals surface area contributed by atoms with Crippen LogP contribution in [-0.4, -0.2) is 25.2 Å². The minimum Gasteiger partial charge on any atom is -0.454 e. The third-order valence-corrected chi connectivity index (χ3v) is 6.07. The number of nitrogens with zero attached hydrogens (tertiary/aromatic N) is 2. The normalized spacial score (nSPS) is 12.7. The van der Waals surface area contributed by atoms with Gasteiger partial charge >= 0.3 is 0 Å². The Labute approximate surface area is 178 Å². The van der Waals surface area contributed by atoms with Crippen LogP contribution in [-0.2, 0) is 10.0 Å². The van der Waals surface area contributed by atoms with E-state index in [9.17, 15) is 8.42 Å². The number of hydrogen-bond donors (Lipinski definition) is 2. The van der Waals surface area contributed by atoms with E-state index < -0.39 is 10.0 Å². The first kappa shape index (κ1) is 19.1. The minimum atomic E-state index is -3.87. The van der Waals surface area contributed by atoms with Gasteiger partial charge in [-0.2, -0.15) is 0 Å². The first-order valence-electron chi connectivity index (χ1n) is 9.51. The van der Waals surface area contributed by atoms with E-state index in [0.717, 1.165) is 5.56 Å². The van der Waals surface area contributed by atoms with Crippen LogP contribution in [0.25, 0.3) is 11.0 Å². The fraction of sp³-hybridized carbons (Fsp3) is 0.0909. The highest BCUT2D eigenvalue weighted by Gasteiger charge is 2.20. The third-order valence-electron chi connectivity index (χ3n) is 4.74. The fourth-order valence-electron chi connectivity index (χ4n) is 3.24. The lowest BCUT2D eigenvalue weighted by Crippen LogP contribution is -2.16. The number of rotatable bonds is 5. The van der Waals surface area contributed by atoms with E-state index in [4.69, 9.17) is 9.47 Å². The zero-order chi connectivity index (χ0) is 21.4. The second-order valence-corrected chi connectivity index (χ2v) is 8.71. The van der Waals surface area contributed by atoms with E-state index in [1.165, 1.54) is 6.07 Å². The Bertz CT molecular complexity index is 1410. The quantitative estimate of drug-likeness (QED) is 0.485. The molecule has 0 radical (unpaired) electrons. The SMILES string of the molecule is Cc1cccc(S(=O)(=O)Nc2nc3ccccc3nc2Nc2ccc3c(c2)OCO3)c1. The van der Waals surface area contributed by atoms with Crippen LogP contribution in [0.5, 0.6) is 11.5 Å². The van der Waals surface area contributed by atoms with Gasteiger partial charge in [-0.3, -0.25) is 4.72 Å². The number of ether oxygens (including phenoxy) is 2. The number of fused-ring (bicyclic) bond motifs is 2. The molecule has 1 aromatic heterocycles. The highest BCUT2D eigenvalue weighted by Crippen LogP contribution is 2.36. The van der Waals surface area contributed by atoms with Crippen LogP contribution in [0.15, 0.2) is 71.6 Å². The molecule has 3 aromatic carbocycles. The predicted molar refractivity (Wildman–Crippen MR) is 117 cm³/mol. The molecule has 0 fully saturated rings. The molecule has 0 unspecified atom stereocenters. The summed E-state index contributed by atoms with van der Waals surface area (Å²) >= 11 is 0. The topological polar surface area (TPSA) is 102 Å². The van der Waals surface area contributed by atoms with Crippen molar-refractivity contribution in [3.8, 4) is 11.5 Å². The van der Waals surface area contributed by atoms with Gasteiger partial charge in [-0.05, 0) is 48.9 Å². The van der Waals surface area contributed by atoms with Crippen molar-refractivity contribution in [1.29, 1.82) is 0 Å². The van der Waals surface area contributed by atoms with Crippen molar-refractivity contribution < 1.29 is 17.9 Å². The van der Waals surface area contributed by atoms with Gasteiger partial charge in [0.2, 0.25) is 6.79 Å². The maximum absolute atomic E-state index is 13.0. The zero-order valence-corrected chi connectivity index (χ0v) is 17.3. The summed E-state index contributed by atoms with van der Waals surface area (Å²) in [6.45, 7) is 2.00. The van der Waals surface area contributed by atoms with Crippen molar-refractivity contribution in [2.75, 3.05) is 16.8 Å². The number of sulfonamides is 1. The van der Waals surface area contributed by atoms with Gasteiger partial charge in [-0.25, -0.2) is 18.4 Å². The molecule has 1 aliphatic rings. The molecule has 0 spiro atoms. The molecule has 0 saturated heterocycles. The van der Waals surface area contributed by atoms with Crippen LogP contribution >= 0.6 is 0 Å². The first-order valence-corrected chi connectivity index (χ1v) is 11.0. The molecule has 0 aliphatic carbocycles. The van der Waals surface area contributed by atoms with Crippen LogP contribution in [0.4, 0.5) is 17.3 Å². The average molecular weight is 434 g/mol. The second kappa shape index (κ2) is 7.44. The molecule has 5 rings (SSSR count). The predicted octanol–water partition coefficient (Wildman–Crippen LogP) is 4.21. The van der Waals surface area contributed by atoms with Gasteiger partial charge in [0.15, 0.2) is 23.1 Å². The van der Waals surface area contributed by atoms with E-state index in [1.54, 1.807) is 36.4 Å². The summed E-state index contributed by atoms with van der Waals surface area (Å²) < 4.78 is 39.3. The maximum atomic E-state index is 13.0. The lowest BCUT2D eigenvalue weighted by molar-refractivity contribution is 0.174. The molecule has 2 heterocycles. The van der Waals surface area contributed by atoms with Crippen molar-refractivity contribution in [1.82, 2.24) is 9.97 Å². The Balaban J connectivity index is 1.56. The van der Waals surface area contributed by atoms with Gasteiger partial charge in [0.1, 0.15) is 0 Å². The molecule has 9 heteroatoms. The summed E-state index contributed by atoms with van der Waals surface area (Å²) in [6.07, 6.45) is 0. The average Bonchev–Trinajstić information content (AvgIpc) is 3.22. The van der Waals surface area contributed by atoms with Crippen molar-refractivity contribution in [2.24, 2.45) is 0 Å². The summed E-state index contributed by atoms with van der Waals surface area (Å²) in [4.78, 5) is 9.24. The lowest BCUT2D eigenvalue weighted by Gasteiger charge is -2.14. The van der Waals surface area contributed by atoms with Crippen molar-refractivity contribution in [2.45, 2.75) is 11.8 Å². The molecule has 0 amide bonds. The molecule has 0 atom stereocenters. The van der Waals surface area contributed by atoms with Gasteiger partial charge in [-0.1, -0.05) is 24.3 Å². The Morgan fingerprint density at radius 3 is 2.35 bits per heavy atom. The van der Waals surface area contributed by atoms with E-state index >= 15 is 0 Å². The second-order valence-electron chi connectivity index (χ2n) is 7.02. The van der Waals surface area contributed by atoms with Crippen molar-refractivity contribution in [3.05, 3.63) is 72.3 Å². The Morgan fingerprint density at radius 2 is 1.58 bits per heavy atom. The van der Waals surface area contributed by atoms with Crippen molar-refractivity contribution >= 4 is 38.4 Å². The maximum Gasteiger partial charge on any atom is 0.263 e. The molecule has 0 saturated carbocycles. The van der Waals surface area contributed by atoms with Gasteiger partial charge < -0.3 is 14.8 Å². The molecule has 1 aliphatic heterocycles. The highest BCUT2D eigenvalue weighted by molar-refractivity contribution is 7.92.